The molecule has 2 aliphatic rings. The third kappa shape index (κ3) is 3.09. The van der Waals surface area contributed by atoms with Gasteiger partial charge in [0.25, 0.3) is 5.91 Å². The number of aromatic nitrogens is 1. The van der Waals surface area contributed by atoms with Crippen molar-refractivity contribution in [2.24, 2.45) is 0 Å². The number of nitrogens with one attached hydrogen (secondary N) is 1. The Kier molecular flexibility index (Phi) is 4.22. The van der Waals surface area contributed by atoms with Gasteiger partial charge in [-0.05, 0) is 57.3 Å². The normalized spacial score (nSPS) is 29.7. The van der Waals surface area contributed by atoms with Crippen molar-refractivity contribution in [2.75, 3.05) is 13.1 Å². The lowest BCUT2D eigenvalue weighted by molar-refractivity contribution is 0.0619. The van der Waals surface area contributed by atoms with Gasteiger partial charge in [0.1, 0.15) is 0 Å². The quantitative estimate of drug-likeness (QED) is 0.875. The summed E-state index contributed by atoms with van der Waals surface area (Å²) in [5, 5.41) is 13.5. The van der Waals surface area contributed by atoms with E-state index >= 15 is 0 Å². The molecule has 1 saturated carbocycles. The number of carbonyl (C=O) groups is 1. The van der Waals surface area contributed by atoms with Crippen LogP contribution >= 0.6 is 0 Å². The summed E-state index contributed by atoms with van der Waals surface area (Å²) in [6, 6.07) is 1.87. The van der Waals surface area contributed by atoms with Crippen molar-refractivity contribution in [1.82, 2.24) is 15.2 Å². The van der Waals surface area contributed by atoms with E-state index < -0.39 is 6.10 Å². The van der Waals surface area contributed by atoms with Crippen LogP contribution in [0.2, 0.25) is 0 Å². The molecule has 2 N–H and O–H groups in total. The molecular formula is C16H23N3O2. The molecular weight excluding hydrogens is 266 g/mol. The molecule has 2 heterocycles. The first-order valence-electron chi connectivity index (χ1n) is 7.80. The summed E-state index contributed by atoms with van der Waals surface area (Å²) in [7, 11) is 0. The van der Waals surface area contributed by atoms with Crippen LogP contribution in [0.25, 0.3) is 0 Å². The second-order valence-electron chi connectivity index (χ2n) is 6.21. The summed E-state index contributed by atoms with van der Waals surface area (Å²) >= 11 is 0. The summed E-state index contributed by atoms with van der Waals surface area (Å²) in [6.45, 7) is 4.06. The average molecular weight is 289 g/mol. The minimum absolute atomic E-state index is 0.141. The van der Waals surface area contributed by atoms with Crippen LogP contribution in [0, 0.1) is 6.92 Å². The smallest absolute Gasteiger partial charge is 0.253 e. The lowest BCUT2D eigenvalue weighted by Crippen LogP contribution is -2.47. The molecule has 0 spiro atoms. The number of aliphatic hydroxyl groups is 1. The number of carbonyl (C=O) groups excluding carboxylic acids is 1. The molecule has 1 aromatic heterocycles. The van der Waals surface area contributed by atoms with Gasteiger partial charge in [0.05, 0.1) is 17.7 Å². The van der Waals surface area contributed by atoms with E-state index in [1.807, 2.05) is 13.0 Å². The van der Waals surface area contributed by atoms with Crippen LogP contribution in [-0.4, -0.2) is 52.2 Å². The summed E-state index contributed by atoms with van der Waals surface area (Å²) in [6.07, 6.45) is 7.06. The minimum Gasteiger partial charge on any atom is -0.389 e. The van der Waals surface area contributed by atoms with Gasteiger partial charge >= 0.3 is 0 Å². The number of aryl methyl sites for hydroxylation is 1. The molecule has 5 heteroatoms. The molecule has 3 atom stereocenters. The maximum absolute atomic E-state index is 12.3. The van der Waals surface area contributed by atoms with Gasteiger partial charge in [-0.25, -0.2) is 0 Å². The van der Waals surface area contributed by atoms with Crippen molar-refractivity contribution in [3.05, 3.63) is 29.6 Å². The van der Waals surface area contributed by atoms with Gasteiger partial charge in [0.2, 0.25) is 0 Å². The molecule has 2 fully saturated rings. The largest absolute Gasteiger partial charge is 0.389 e. The highest BCUT2D eigenvalue weighted by atomic mass is 16.3. The van der Waals surface area contributed by atoms with Gasteiger partial charge in [-0.2, -0.15) is 0 Å². The maximum Gasteiger partial charge on any atom is 0.253 e. The molecule has 3 rings (SSSR count). The molecule has 0 aromatic carbocycles. The summed E-state index contributed by atoms with van der Waals surface area (Å²) in [5.41, 5.74) is 1.52. The number of pyridine rings is 1. The minimum atomic E-state index is -0.468. The van der Waals surface area contributed by atoms with E-state index in [0.29, 0.717) is 5.56 Å². The van der Waals surface area contributed by atoms with Crippen LogP contribution < -0.4 is 5.32 Å². The van der Waals surface area contributed by atoms with Crippen molar-refractivity contribution >= 4 is 5.91 Å². The third-order valence-electron chi connectivity index (χ3n) is 4.64. The van der Waals surface area contributed by atoms with Crippen molar-refractivity contribution < 1.29 is 9.90 Å². The molecule has 21 heavy (non-hydrogen) atoms. The molecule has 1 aromatic rings. The first kappa shape index (κ1) is 14.5. The van der Waals surface area contributed by atoms with Crippen LogP contribution in [0.5, 0.6) is 0 Å². The van der Waals surface area contributed by atoms with E-state index in [1.54, 1.807) is 12.4 Å². The zero-order chi connectivity index (χ0) is 14.8. The molecule has 0 unspecified atom stereocenters. The van der Waals surface area contributed by atoms with Crippen molar-refractivity contribution in [3.8, 4) is 0 Å². The fourth-order valence-corrected chi connectivity index (χ4v) is 3.52. The molecule has 1 aliphatic carbocycles. The van der Waals surface area contributed by atoms with E-state index in [9.17, 15) is 9.90 Å². The van der Waals surface area contributed by atoms with E-state index in [0.717, 1.165) is 31.5 Å². The number of hydrogen-bond donors (Lipinski definition) is 2. The summed E-state index contributed by atoms with van der Waals surface area (Å²) in [4.78, 5) is 18.7. The Morgan fingerprint density at radius 3 is 2.81 bits per heavy atom. The Bertz CT molecular complexity index is 514. The fraction of sp³-hybridized carbons (Fsp3) is 0.625. The van der Waals surface area contributed by atoms with E-state index in [2.05, 4.69) is 15.2 Å². The van der Waals surface area contributed by atoms with Crippen LogP contribution in [-0.2, 0) is 0 Å². The highest BCUT2D eigenvalue weighted by molar-refractivity contribution is 5.94. The van der Waals surface area contributed by atoms with Gasteiger partial charge in [0, 0.05) is 18.4 Å². The summed E-state index contributed by atoms with van der Waals surface area (Å²) in [5.74, 6) is -0.141. The number of nitrogens with zero attached hydrogens (tertiary/aromatic N) is 2. The van der Waals surface area contributed by atoms with Gasteiger partial charge in [-0.15, -0.1) is 0 Å². The van der Waals surface area contributed by atoms with Crippen LogP contribution in [0.4, 0.5) is 0 Å². The Morgan fingerprint density at radius 2 is 2.10 bits per heavy atom. The van der Waals surface area contributed by atoms with Gasteiger partial charge in [-0.1, -0.05) is 0 Å². The monoisotopic (exact) mass is 289 g/mol. The predicted molar refractivity (Wildman–Crippen MR) is 80.1 cm³/mol. The third-order valence-corrected chi connectivity index (χ3v) is 4.64. The number of rotatable bonds is 3. The number of aliphatic hydroxyl groups excluding tert-OH is 1. The second kappa shape index (κ2) is 6.12. The first-order valence-corrected chi connectivity index (χ1v) is 7.80. The zero-order valence-corrected chi connectivity index (χ0v) is 12.5. The number of hydrogen-bond acceptors (Lipinski definition) is 4. The lowest BCUT2D eigenvalue weighted by Gasteiger charge is -2.28. The van der Waals surface area contributed by atoms with E-state index in [-0.39, 0.29) is 18.0 Å². The Balaban J connectivity index is 1.61. The van der Waals surface area contributed by atoms with Crippen LogP contribution in [0.3, 0.4) is 0 Å². The van der Waals surface area contributed by atoms with Crippen molar-refractivity contribution in [3.63, 3.8) is 0 Å². The molecule has 114 valence electrons. The molecule has 1 aliphatic heterocycles. The van der Waals surface area contributed by atoms with Gasteiger partial charge in [0.15, 0.2) is 0 Å². The molecule has 1 amide bonds. The molecule has 5 nitrogen and oxygen atoms in total. The number of likely N-dealkylation sites (tertiary alicyclic amines) is 1. The second-order valence-corrected chi connectivity index (χ2v) is 6.21. The summed E-state index contributed by atoms with van der Waals surface area (Å²) < 4.78 is 0. The highest BCUT2D eigenvalue weighted by Crippen LogP contribution is 2.27. The number of amides is 1. The Morgan fingerprint density at radius 1 is 1.33 bits per heavy atom. The standard InChI is InChI=1S/C16H23N3O2/c1-11-8-12(10-17-9-11)16(21)18-13-4-5-14(15(13)20)19-6-2-3-7-19/h8-10,13-15,20H,2-7H2,1H3,(H,18,21)/t13-,14-,15-/m1/s1. The zero-order valence-electron chi connectivity index (χ0n) is 12.5. The van der Waals surface area contributed by atoms with Gasteiger partial charge < -0.3 is 10.4 Å². The lowest BCUT2D eigenvalue weighted by atomic mass is 10.1. The first-order chi connectivity index (χ1) is 10.1. The van der Waals surface area contributed by atoms with Crippen molar-refractivity contribution in [2.45, 2.75) is 50.8 Å². The van der Waals surface area contributed by atoms with Gasteiger partial charge in [-0.3, -0.25) is 14.7 Å². The molecule has 0 bridgehead atoms. The molecule has 1 saturated heterocycles. The van der Waals surface area contributed by atoms with Crippen LogP contribution in [0.1, 0.15) is 41.6 Å². The van der Waals surface area contributed by atoms with E-state index in [4.69, 9.17) is 0 Å². The fourth-order valence-electron chi connectivity index (χ4n) is 3.52. The van der Waals surface area contributed by atoms with Crippen LogP contribution in [0.15, 0.2) is 18.5 Å². The average Bonchev–Trinajstić information content (AvgIpc) is 3.10. The molecule has 0 radical (unpaired) electrons. The maximum atomic E-state index is 12.3. The Hall–Kier alpha value is -1.46. The topological polar surface area (TPSA) is 65.5 Å². The predicted octanol–water partition coefficient (Wildman–Crippen LogP) is 1.11. The SMILES string of the molecule is Cc1cncc(C(=O)N[C@@H]2CC[C@@H](N3CCCC3)[C@@H]2O)c1. The van der Waals surface area contributed by atoms with Crippen molar-refractivity contribution in [1.29, 1.82) is 0 Å². The highest BCUT2D eigenvalue weighted by Gasteiger charge is 2.39. The van der Waals surface area contributed by atoms with E-state index in [1.165, 1.54) is 12.8 Å². The Labute approximate surface area is 125 Å².